The topological polar surface area (TPSA) is 80.7 Å². The van der Waals surface area contributed by atoms with E-state index >= 15 is 0 Å². The summed E-state index contributed by atoms with van der Waals surface area (Å²) in [4.78, 5) is 11.8. The number of carbonyl (C=O) groups is 1. The van der Waals surface area contributed by atoms with Gasteiger partial charge in [0.2, 0.25) is 0 Å². The van der Waals surface area contributed by atoms with E-state index in [9.17, 15) is 35.2 Å². The zero-order valence-electron chi connectivity index (χ0n) is 13.2. The molecule has 0 amide bonds. The van der Waals surface area contributed by atoms with Crippen LogP contribution >= 0.6 is 0 Å². The third-order valence-electron chi connectivity index (χ3n) is 3.40. The molecular weight excluding hydrogens is 422 g/mol. The fourth-order valence-electron chi connectivity index (χ4n) is 2.07. The van der Waals surface area contributed by atoms with E-state index in [1.54, 1.807) is 30.3 Å². The van der Waals surface area contributed by atoms with E-state index in [2.05, 4.69) is 4.74 Å². The summed E-state index contributed by atoms with van der Waals surface area (Å²) < 4.78 is 98.3. The molecule has 1 N–H and O–H groups in total. The van der Waals surface area contributed by atoms with E-state index in [4.69, 9.17) is 4.55 Å². The van der Waals surface area contributed by atoms with E-state index in [0.29, 0.717) is 5.56 Å². The fraction of sp³-hybridized carbons (Fsp3) is 0.188. The van der Waals surface area contributed by atoms with Gasteiger partial charge in [0, 0.05) is 0 Å². The molecule has 2 aromatic carbocycles. The van der Waals surface area contributed by atoms with Crippen molar-refractivity contribution in [2.75, 3.05) is 0 Å². The first-order valence-corrected chi connectivity index (χ1v) is 8.56. The van der Waals surface area contributed by atoms with Crippen molar-refractivity contribution >= 4 is 45.6 Å². The third kappa shape index (κ3) is 5.51. The van der Waals surface area contributed by atoms with Gasteiger partial charge in [-0.2, -0.15) is 30.4 Å². The maximum atomic E-state index is 13.4. The molecule has 0 fully saturated rings. The summed E-state index contributed by atoms with van der Waals surface area (Å²) >= 11 is 0. The predicted octanol–water partition coefficient (Wildman–Crippen LogP) is 3.27. The Balaban J connectivity index is 0.00000392. The first kappa shape index (κ1) is 24.5. The summed E-state index contributed by atoms with van der Waals surface area (Å²) in [5.41, 5.74) is 0.793. The summed E-state index contributed by atoms with van der Waals surface area (Å²) in [6, 6.07) is 13.4. The van der Waals surface area contributed by atoms with Gasteiger partial charge in [-0.25, -0.2) is 4.79 Å². The number of hydrogen-bond donors (Lipinski definition) is 1. The number of rotatable bonds is 5. The van der Waals surface area contributed by atoms with Crippen molar-refractivity contribution in [1.29, 1.82) is 0 Å². The van der Waals surface area contributed by atoms with E-state index in [1.165, 1.54) is 12.1 Å². The van der Waals surface area contributed by atoms with Gasteiger partial charge in [0.1, 0.15) is 0 Å². The van der Waals surface area contributed by atoms with Gasteiger partial charge in [0.25, 0.3) is 6.10 Å². The molecular formula is C16H12F5NaO5S. The molecule has 0 aliphatic carbocycles. The fourth-order valence-corrected chi connectivity index (χ4v) is 2.52. The van der Waals surface area contributed by atoms with Crippen molar-refractivity contribution in [1.82, 2.24) is 0 Å². The molecule has 12 heteroatoms. The second kappa shape index (κ2) is 8.87. The van der Waals surface area contributed by atoms with Crippen molar-refractivity contribution in [3.8, 4) is 11.1 Å². The predicted molar refractivity (Wildman–Crippen MR) is 90.8 cm³/mol. The van der Waals surface area contributed by atoms with Crippen LogP contribution in [-0.4, -0.2) is 66.0 Å². The van der Waals surface area contributed by atoms with Gasteiger partial charge >= 0.3 is 57.1 Å². The standard InChI is InChI=1S/C16H11F5O5S.Na.H/c17-15(18,19)14(16(20,21)27(23,24)25)26-13(22)12-8-6-11(7-9-12)10-4-2-1-3-5-10;;/h1-9,14H,(H,23,24,25);;. The number of hydrogen-bond acceptors (Lipinski definition) is 4. The van der Waals surface area contributed by atoms with E-state index in [-0.39, 0.29) is 29.6 Å². The van der Waals surface area contributed by atoms with Crippen molar-refractivity contribution in [2.24, 2.45) is 0 Å². The van der Waals surface area contributed by atoms with Crippen LogP contribution in [0.2, 0.25) is 0 Å². The van der Waals surface area contributed by atoms with E-state index in [0.717, 1.165) is 17.7 Å². The SMILES string of the molecule is O=C(OC(C(F)(F)F)C(F)(F)S(=O)(=O)O)c1ccc(-c2ccccc2)cc1.[NaH]. The van der Waals surface area contributed by atoms with Crippen molar-refractivity contribution in [2.45, 2.75) is 17.5 Å². The third-order valence-corrected chi connectivity index (χ3v) is 4.30. The molecule has 0 spiro atoms. The molecule has 1 atom stereocenters. The van der Waals surface area contributed by atoms with Crippen LogP contribution in [0.3, 0.4) is 0 Å². The van der Waals surface area contributed by atoms with Gasteiger partial charge in [-0.3, -0.25) is 4.55 Å². The molecule has 0 heterocycles. The molecule has 0 aliphatic rings. The second-order valence-corrected chi connectivity index (χ2v) is 6.80. The number of benzene rings is 2. The van der Waals surface area contributed by atoms with Crippen molar-refractivity contribution in [3.63, 3.8) is 0 Å². The number of ether oxygens (including phenoxy) is 1. The second-order valence-electron chi connectivity index (χ2n) is 5.31. The van der Waals surface area contributed by atoms with E-state index in [1.807, 2.05) is 0 Å². The zero-order valence-corrected chi connectivity index (χ0v) is 14.0. The number of carbonyl (C=O) groups excluding carboxylic acids is 1. The number of alkyl halides is 5. The van der Waals surface area contributed by atoms with Gasteiger partial charge < -0.3 is 4.74 Å². The summed E-state index contributed by atoms with van der Waals surface area (Å²) in [5, 5.41) is -5.77. The Bertz CT molecular complexity index is 915. The zero-order chi connectivity index (χ0) is 20.5. The van der Waals surface area contributed by atoms with Crippen LogP contribution in [0.15, 0.2) is 54.6 Å². The Morgan fingerprint density at radius 2 is 1.36 bits per heavy atom. The molecule has 0 saturated heterocycles. The minimum atomic E-state index is -6.49. The summed E-state index contributed by atoms with van der Waals surface area (Å²) in [6.45, 7) is 0. The summed E-state index contributed by atoms with van der Waals surface area (Å²) in [5.74, 6) is -1.83. The van der Waals surface area contributed by atoms with Crippen LogP contribution in [0.4, 0.5) is 22.0 Å². The molecule has 28 heavy (non-hydrogen) atoms. The quantitative estimate of drug-likeness (QED) is 0.338. The number of halogens is 5. The van der Waals surface area contributed by atoms with Gasteiger partial charge in [-0.1, -0.05) is 42.5 Å². The Hall–Kier alpha value is -1.53. The first-order valence-electron chi connectivity index (χ1n) is 7.12. The Morgan fingerprint density at radius 1 is 0.893 bits per heavy atom. The van der Waals surface area contributed by atoms with Gasteiger partial charge in [0.05, 0.1) is 5.56 Å². The molecule has 0 aliphatic heterocycles. The molecule has 5 nitrogen and oxygen atoms in total. The van der Waals surface area contributed by atoms with Crippen LogP contribution in [0.1, 0.15) is 10.4 Å². The van der Waals surface area contributed by atoms with Crippen molar-refractivity contribution in [3.05, 3.63) is 60.2 Å². The summed E-state index contributed by atoms with van der Waals surface area (Å²) in [7, 11) is -6.49. The monoisotopic (exact) mass is 434 g/mol. The van der Waals surface area contributed by atoms with E-state index < -0.39 is 39.2 Å². The minimum absolute atomic E-state index is 0. The Morgan fingerprint density at radius 3 is 1.79 bits per heavy atom. The molecule has 2 rings (SSSR count). The Kier molecular flexibility index (Phi) is 7.76. The Labute approximate surface area is 178 Å². The van der Waals surface area contributed by atoms with Crippen LogP contribution in [-0.2, 0) is 14.9 Å². The maximum absolute atomic E-state index is 13.4. The first-order chi connectivity index (χ1) is 12.3. The molecule has 0 saturated carbocycles. The van der Waals surface area contributed by atoms with Gasteiger partial charge in [-0.05, 0) is 23.3 Å². The molecule has 0 bridgehead atoms. The van der Waals surface area contributed by atoms with Crippen molar-refractivity contribution < 1.29 is 44.5 Å². The van der Waals surface area contributed by atoms with Crippen LogP contribution in [0.5, 0.6) is 0 Å². The molecule has 1 unspecified atom stereocenters. The molecule has 0 radical (unpaired) electrons. The average molecular weight is 434 g/mol. The van der Waals surface area contributed by atoms with Gasteiger partial charge in [-0.15, -0.1) is 0 Å². The van der Waals surface area contributed by atoms with Crippen LogP contribution < -0.4 is 0 Å². The number of esters is 1. The van der Waals surface area contributed by atoms with Crippen LogP contribution in [0.25, 0.3) is 11.1 Å². The average Bonchev–Trinajstić information content (AvgIpc) is 2.58. The molecule has 2 aromatic rings. The molecule has 148 valence electrons. The summed E-state index contributed by atoms with van der Waals surface area (Å²) in [6.07, 6.45) is -10.3. The molecule has 0 aromatic heterocycles. The van der Waals surface area contributed by atoms with Crippen LogP contribution in [0, 0.1) is 0 Å². The normalized spacial score (nSPS) is 13.4. The van der Waals surface area contributed by atoms with Gasteiger partial charge in [0.15, 0.2) is 0 Å².